The van der Waals surface area contributed by atoms with E-state index in [0.29, 0.717) is 25.8 Å². The summed E-state index contributed by atoms with van der Waals surface area (Å²) in [5.74, 6) is -0.433. The SMILES string of the molecule is CC.CC.CCC1NC(=O)CCCCNC(=O)CNC1=O.CCCN=C(N)N. The largest absolute Gasteiger partial charge is 0.370 e. The Morgan fingerprint density at radius 1 is 1.00 bits per heavy atom. The molecule has 1 aliphatic rings. The zero-order valence-corrected chi connectivity index (χ0v) is 18.6. The fourth-order valence-electron chi connectivity index (χ4n) is 1.85. The van der Waals surface area contributed by atoms with Gasteiger partial charge in [0.05, 0.1) is 6.54 Å². The molecule has 0 spiro atoms. The van der Waals surface area contributed by atoms with Crippen LogP contribution in [-0.4, -0.2) is 49.4 Å². The molecule has 7 N–H and O–H groups in total. The molecule has 0 aromatic rings. The minimum Gasteiger partial charge on any atom is -0.370 e. The molecule has 0 saturated carbocycles. The number of guanidine groups is 1. The Kier molecular flexibility index (Phi) is 24.7. The predicted molar refractivity (Wildman–Crippen MR) is 116 cm³/mol. The molecule has 166 valence electrons. The Bertz CT molecular complexity index is 437. The van der Waals surface area contributed by atoms with Crippen LogP contribution < -0.4 is 27.4 Å². The van der Waals surface area contributed by atoms with Gasteiger partial charge in [0.2, 0.25) is 17.7 Å². The molecule has 0 aliphatic carbocycles. The lowest BCUT2D eigenvalue weighted by molar-refractivity contribution is -0.130. The van der Waals surface area contributed by atoms with Crippen LogP contribution in [0.1, 0.15) is 73.6 Å². The second-order valence-corrected chi connectivity index (χ2v) is 5.36. The summed E-state index contributed by atoms with van der Waals surface area (Å²) >= 11 is 0. The van der Waals surface area contributed by atoms with Crippen LogP contribution in [0.2, 0.25) is 0 Å². The fraction of sp³-hybridized carbons (Fsp3) is 0.789. The molecule has 1 fully saturated rings. The van der Waals surface area contributed by atoms with Crippen molar-refractivity contribution in [3.8, 4) is 0 Å². The zero-order chi connectivity index (χ0) is 22.4. The average Bonchev–Trinajstić information content (AvgIpc) is 2.71. The lowest BCUT2D eigenvalue weighted by Crippen LogP contribution is -2.49. The number of carbonyl (C=O) groups excluding carboxylic acids is 3. The van der Waals surface area contributed by atoms with Crippen LogP contribution in [0.3, 0.4) is 0 Å². The van der Waals surface area contributed by atoms with Crippen LogP contribution in [0.4, 0.5) is 0 Å². The smallest absolute Gasteiger partial charge is 0.243 e. The predicted octanol–water partition coefficient (Wildman–Crippen LogP) is 1.02. The summed E-state index contributed by atoms with van der Waals surface area (Å²) in [7, 11) is 0. The van der Waals surface area contributed by atoms with E-state index in [0.717, 1.165) is 19.4 Å². The normalized spacial score (nSPS) is 16.9. The molecule has 1 aliphatic heterocycles. The van der Waals surface area contributed by atoms with Crippen LogP contribution in [0.25, 0.3) is 0 Å². The molecule has 9 heteroatoms. The van der Waals surface area contributed by atoms with Crippen LogP contribution >= 0.6 is 0 Å². The van der Waals surface area contributed by atoms with E-state index in [-0.39, 0.29) is 30.2 Å². The summed E-state index contributed by atoms with van der Waals surface area (Å²) < 4.78 is 0. The van der Waals surface area contributed by atoms with E-state index in [1.165, 1.54) is 0 Å². The number of nitrogens with two attached hydrogens (primary N) is 2. The van der Waals surface area contributed by atoms with Gasteiger partial charge in [-0.15, -0.1) is 0 Å². The quantitative estimate of drug-likeness (QED) is 0.352. The Hall–Kier alpha value is -2.32. The number of aliphatic imine (C=N–C) groups is 1. The Morgan fingerprint density at radius 2 is 1.61 bits per heavy atom. The second-order valence-electron chi connectivity index (χ2n) is 5.36. The van der Waals surface area contributed by atoms with Crippen LogP contribution in [0, 0.1) is 0 Å². The zero-order valence-electron chi connectivity index (χ0n) is 18.6. The number of hydrogen-bond acceptors (Lipinski definition) is 4. The highest BCUT2D eigenvalue weighted by Gasteiger charge is 2.19. The molecule has 0 aromatic heterocycles. The number of nitrogens with one attached hydrogen (secondary N) is 3. The maximum atomic E-state index is 11.6. The maximum Gasteiger partial charge on any atom is 0.243 e. The first-order valence-corrected chi connectivity index (χ1v) is 10.3. The summed E-state index contributed by atoms with van der Waals surface area (Å²) in [6.45, 7) is 13.1. The lowest BCUT2D eigenvalue weighted by Gasteiger charge is -2.17. The minimum atomic E-state index is -0.547. The molecule has 1 heterocycles. The third kappa shape index (κ3) is 20.0. The van der Waals surface area contributed by atoms with E-state index in [2.05, 4.69) is 20.9 Å². The first-order valence-electron chi connectivity index (χ1n) is 10.3. The molecule has 1 unspecified atom stereocenters. The molecular formula is C19H42N6O3. The second kappa shape index (κ2) is 22.7. The van der Waals surface area contributed by atoms with Crippen LogP contribution in [0.5, 0.6) is 0 Å². The Morgan fingerprint density at radius 3 is 2.07 bits per heavy atom. The summed E-state index contributed by atoms with van der Waals surface area (Å²) in [5, 5.41) is 7.86. The topological polar surface area (TPSA) is 152 Å². The highest BCUT2D eigenvalue weighted by molar-refractivity contribution is 5.90. The van der Waals surface area contributed by atoms with Gasteiger partial charge < -0.3 is 27.4 Å². The molecule has 0 radical (unpaired) electrons. The van der Waals surface area contributed by atoms with E-state index in [1.54, 1.807) is 0 Å². The summed E-state index contributed by atoms with van der Waals surface area (Å²) in [4.78, 5) is 38.2. The van der Waals surface area contributed by atoms with Gasteiger partial charge in [-0.05, 0) is 25.7 Å². The van der Waals surface area contributed by atoms with Crippen molar-refractivity contribution in [3.63, 3.8) is 0 Å². The lowest BCUT2D eigenvalue weighted by atomic mass is 10.1. The van der Waals surface area contributed by atoms with Gasteiger partial charge in [-0.3, -0.25) is 19.4 Å². The summed E-state index contributed by atoms with van der Waals surface area (Å²) in [6.07, 6.45) is 3.38. The Balaban J connectivity index is -0.000000477. The van der Waals surface area contributed by atoms with Gasteiger partial charge in [0.15, 0.2) is 5.96 Å². The molecule has 1 rings (SSSR count). The molecular weight excluding hydrogens is 360 g/mol. The molecule has 0 aromatic carbocycles. The molecule has 0 bridgehead atoms. The standard InChI is InChI=1S/C11H19N3O3.C4H11N3.2C2H6/c1-2-8-11(17)13-7-10(16)12-6-4-3-5-9(15)14-8;1-2-3-7-4(5)6;2*1-2/h8H,2-7H2,1H3,(H,12,16)(H,13,17)(H,14,15);2-3H2,1H3,(H4,5,6,7);2*1-2H3. The Labute approximate surface area is 170 Å². The van der Waals surface area contributed by atoms with E-state index in [9.17, 15) is 14.4 Å². The number of carbonyl (C=O) groups is 3. The minimum absolute atomic E-state index is 0.0365. The maximum absolute atomic E-state index is 11.6. The van der Waals surface area contributed by atoms with Crippen LogP contribution in [-0.2, 0) is 14.4 Å². The number of amides is 3. The molecule has 28 heavy (non-hydrogen) atoms. The molecule has 3 amide bonds. The van der Waals surface area contributed by atoms with Gasteiger partial charge >= 0.3 is 0 Å². The average molecular weight is 403 g/mol. The fourth-order valence-corrected chi connectivity index (χ4v) is 1.85. The van der Waals surface area contributed by atoms with E-state index in [1.807, 2.05) is 41.5 Å². The summed E-state index contributed by atoms with van der Waals surface area (Å²) in [6, 6.07) is -0.547. The van der Waals surface area contributed by atoms with Gasteiger partial charge in [-0.2, -0.15) is 0 Å². The first-order chi connectivity index (χ1) is 13.4. The monoisotopic (exact) mass is 402 g/mol. The van der Waals surface area contributed by atoms with E-state index in [4.69, 9.17) is 11.5 Å². The number of nitrogens with zero attached hydrogens (tertiary/aromatic N) is 1. The van der Waals surface area contributed by atoms with Crippen molar-refractivity contribution >= 4 is 23.7 Å². The highest BCUT2D eigenvalue weighted by atomic mass is 16.2. The van der Waals surface area contributed by atoms with Gasteiger partial charge in [0.1, 0.15) is 6.04 Å². The van der Waals surface area contributed by atoms with Crippen molar-refractivity contribution in [3.05, 3.63) is 0 Å². The van der Waals surface area contributed by atoms with Gasteiger partial charge in [-0.1, -0.05) is 41.5 Å². The van der Waals surface area contributed by atoms with Crippen molar-refractivity contribution in [2.45, 2.75) is 79.7 Å². The van der Waals surface area contributed by atoms with Crippen LogP contribution in [0.15, 0.2) is 4.99 Å². The van der Waals surface area contributed by atoms with Gasteiger partial charge in [-0.25, -0.2) is 0 Å². The van der Waals surface area contributed by atoms with Gasteiger partial charge in [0.25, 0.3) is 0 Å². The van der Waals surface area contributed by atoms with Crippen molar-refractivity contribution < 1.29 is 14.4 Å². The highest BCUT2D eigenvalue weighted by Crippen LogP contribution is 1.98. The van der Waals surface area contributed by atoms with Crippen molar-refractivity contribution in [2.24, 2.45) is 16.5 Å². The molecule has 1 saturated heterocycles. The number of hydrogen-bond donors (Lipinski definition) is 5. The third-order valence-corrected chi connectivity index (χ3v) is 3.15. The van der Waals surface area contributed by atoms with E-state index < -0.39 is 6.04 Å². The van der Waals surface area contributed by atoms with Crippen molar-refractivity contribution in [1.29, 1.82) is 0 Å². The third-order valence-electron chi connectivity index (χ3n) is 3.15. The van der Waals surface area contributed by atoms with Crippen molar-refractivity contribution in [1.82, 2.24) is 16.0 Å². The summed E-state index contributed by atoms with van der Waals surface area (Å²) in [5.41, 5.74) is 10.0. The van der Waals surface area contributed by atoms with Crippen molar-refractivity contribution in [2.75, 3.05) is 19.6 Å². The molecule has 1 atom stereocenters. The number of rotatable bonds is 3. The molecule has 9 nitrogen and oxygen atoms in total. The first kappa shape index (κ1) is 30.4. The van der Waals surface area contributed by atoms with Gasteiger partial charge in [0, 0.05) is 19.5 Å². The van der Waals surface area contributed by atoms with E-state index >= 15 is 0 Å².